The highest BCUT2D eigenvalue weighted by molar-refractivity contribution is 7.28. The van der Waals surface area contributed by atoms with Crippen LogP contribution in [0.5, 0.6) is 0 Å². The lowest BCUT2D eigenvalue weighted by molar-refractivity contribution is -0.137. The molecule has 2 aromatic rings. The topological polar surface area (TPSA) is 0 Å². The third-order valence-electron chi connectivity index (χ3n) is 2.84. The Morgan fingerprint density at radius 3 is 1.89 bits per heavy atom. The van der Waals surface area contributed by atoms with Crippen molar-refractivity contribution in [2.45, 2.75) is 25.8 Å². The van der Waals surface area contributed by atoms with Crippen LogP contribution in [0.1, 0.15) is 5.56 Å². The van der Waals surface area contributed by atoms with Gasteiger partial charge >= 0.3 is 6.18 Å². The molecule has 0 saturated heterocycles. The molecule has 0 aliphatic rings. The molecule has 1 heterocycles. The molecule has 0 fully saturated rings. The van der Waals surface area contributed by atoms with Crippen molar-refractivity contribution in [3.8, 4) is 10.4 Å². The molecule has 0 aliphatic carbocycles. The summed E-state index contributed by atoms with van der Waals surface area (Å²) in [6.07, 6.45) is -4.27. The Kier molecular flexibility index (Phi) is 3.62. The van der Waals surface area contributed by atoms with Crippen LogP contribution in [-0.4, -0.2) is 8.07 Å². The second-order valence-electron chi connectivity index (χ2n) is 5.49. The molecule has 0 radical (unpaired) electrons. The van der Waals surface area contributed by atoms with Crippen molar-refractivity contribution in [3.63, 3.8) is 0 Å². The molecular formula is C14H15F3SSi. The van der Waals surface area contributed by atoms with Crippen molar-refractivity contribution in [2.75, 3.05) is 0 Å². The molecule has 1 aromatic heterocycles. The fourth-order valence-corrected chi connectivity index (χ4v) is 4.62. The molecule has 5 heteroatoms. The molecule has 0 nitrogen and oxygen atoms in total. The van der Waals surface area contributed by atoms with E-state index < -0.39 is 19.8 Å². The summed E-state index contributed by atoms with van der Waals surface area (Å²) in [6, 6.07) is 9.47. The molecule has 19 heavy (non-hydrogen) atoms. The van der Waals surface area contributed by atoms with Crippen LogP contribution in [0.3, 0.4) is 0 Å². The third-order valence-corrected chi connectivity index (χ3v) is 7.58. The summed E-state index contributed by atoms with van der Waals surface area (Å²) in [5.41, 5.74) is 0.251. The predicted molar refractivity (Wildman–Crippen MR) is 77.7 cm³/mol. The van der Waals surface area contributed by atoms with Crippen molar-refractivity contribution >= 4 is 23.9 Å². The number of hydrogen-bond acceptors (Lipinski definition) is 1. The van der Waals surface area contributed by atoms with Gasteiger partial charge in [0.25, 0.3) is 0 Å². The minimum atomic E-state index is -4.27. The lowest BCUT2D eigenvalue weighted by Crippen LogP contribution is -2.34. The van der Waals surface area contributed by atoms with Gasteiger partial charge in [-0.25, -0.2) is 0 Å². The average molecular weight is 300 g/mol. The monoisotopic (exact) mass is 300 g/mol. The molecule has 0 atom stereocenters. The van der Waals surface area contributed by atoms with Crippen LogP contribution >= 0.6 is 11.3 Å². The van der Waals surface area contributed by atoms with Crippen LogP contribution in [0.4, 0.5) is 13.2 Å². The number of halogens is 3. The number of thiophene rings is 1. The summed E-state index contributed by atoms with van der Waals surface area (Å²) in [5.74, 6) is 0. The average Bonchev–Trinajstić information content (AvgIpc) is 2.77. The minimum Gasteiger partial charge on any atom is -0.166 e. The van der Waals surface area contributed by atoms with E-state index in [0.717, 1.165) is 22.6 Å². The van der Waals surface area contributed by atoms with Gasteiger partial charge in [-0.2, -0.15) is 13.2 Å². The molecule has 0 spiro atoms. The van der Waals surface area contributed by atoms with E-state index in [1.54, 1.807) is 23.5 Å². The van der Waals surface area contributed by atoms with E-state index in [2.05, 4.69) is 25.7 Å². The zero-order valence-electron chi connectivity index (χ0n) is 11.0. The number of rotatable bonds is 2. The first-order valence-corrected chi connectivity index (χ1v) is 10.3. The normalized spacial score (nSPS) is 12.7. The van der Waals surface area contributed by atoms with Crippen LogP contribution < -0.4 is 4.50 Å². The summed E-state index contributed by atoms with van der Waals surface area (Å²) in [7, 11) is -1.35. The van der Waals surface area contributed by atoms with E-state index in [-0.39, 0.29) is 0 Å². The Balaban J connectivity index is 2.31. The lowest BCUT2D eigenvalue weighted by Gasteiger charge is -2.12. The maximum atomic E-state index is 12.5. The van der Waals surface area contributed by atoms with Crippen molar-refractivity contribution in [2.24, 2.45) is 0 Å². The molecular weight excluding hydrogens is 285 g/mol. The van der Waals surface area contributed by atoms with Gasteiger partial charge in [0.2, 0.25) is 0 Å². The maximum Gasteiger partial charge on any atom is 0.416 e. The van der Waals surface area contributed by atoms with E-state index in [1.807, 2.05) is 6.07 Å². The van der Waals surface area contributed by atoms with Crippen LogP contribution in [0.25, 0.3) is 10.4 Å². The largest absolute Gasteiger partial charge is 0.416 e. The summed E-state index contributed by atoms with van der Waals surface area (Å²) in [5, 5.41) is 0. The predicted octanol–water partition coefficient (Wildman–Crippen LogP) is 4.98. The Bertz CT molecular complexity index is 562. The molecule has 102 valence electrons. The zero-order valence-corrected chi connectivity index (χ0v) is 12.8. The third kappa shape index (κ3) is 3.28. The van der Waals surface area contributed by atoms with Gasteiger partial charge in [-0.3, -0.25) is 0 Å². The quantitative estimate of drug-likeness (QED) is 0.686. The van der Waals surface area contributed by atoms with Crippen LogP contribution in [-0.2, 0) is 6.18 Å². The Morgan fingerprint density at radius 1 is 0.895 bits per heavy atom. The number of benzene rings is 1. The van der Waals surface area contributed by atoms with Crippen molar-refractivity contribution in [1.29, 1.82) is 0 Å². The first kappa shape index (κ1) is 14.3. The highest BCUT2D eigenvalue weighted by atomic mass is 32.1. The Morgan fingerprint density at radius 2 is 1.47 bits per heavy atom. The molecule has 0 saturated carbocycles. The molecule has 0 unspecified atom stereocenters. The molecule has 0 bridgehead atoms. The minimum absolute atomic E-state index is 0.599. The lowest BCUT2D eigenvalue weighted by atomic mass is 10.1. The van der Waals surface area contributed by atoms with Gasteiger partial charge in [-0.15, -0.1) is 11.3 Å². The fourth-order valence-electron chi connectivity index (χ4n) is 1.72. The van der Waals surface area contributed by atoms with E-state index in [4.69, 9.17) is 0 Å². The first-order valence-electron chi connectivity index (χ1n) is 5.96. The van der Waals surface area contributed by atoms with Gasteiger partial charge in [-0.1, -0.05) is 37.8 Å². The number of hydrogen-bond donors (Lipinski definition) is 0. The van der Waals surface area contributed by atoms with Crippen LogP contribution in [0.2, 0.25) is 19.6 Å². The Hall–Kier alpha value is -1.07. The Labute approximate surface area is 115 Å². The SMILES string of the molecule is C[Si](C)(C)c1ccc(-c2ccc(C(F)(F)F)cc2)s1. The van der Waals surface area contributed by atoms with Gasteiger partial charge in [0.15, 0.2) is 0 Å². The number of alkyl halides is 3. The van der Waals surface area contributed by atoms with E-state index in [9.17, 15) is 13.2 Å². The standard InChI is InChI=1S/C14H15F3SSi/c1-19(2,3)13-9-8-12(18-13)10-4-6-11(7-5-10)14(15,16)17/h4-9H,1-3H3. The van der Waals surface area contributed by atoms with Crippen molar-refractivity contribution in [3.05, 3.63) is 42.0 Å². The highest BCUT2D eigenvalue weighted by Gasteiger charge is 2.30. The zero-order chi connectivity index (χ0) is 14.3. The van der Waals surface area contributed by atoms with E-state index >= 15 is 0 Å². The highest BCUT2D eigenvalue weighted by Crippen LogP contribution is 2.32. The van der Waals surface area contributed by atoms with Crippen molar-refractivity contribution in [1.82, 2.24) is 0 Å². The summed E-state index contributed by atoms with van der Waals surface area (Å²) < 4.78 is 38.8. The molecule has 2 rings (SSSR count). The smallest absolute Gasteiger partial charge is 0.166 e. The van der Waals surface area contributed by atoms with Crippen LogP contribution in [0, 0.1) is 0 Å². The summed E-state index contributed by atoms with van der Waals surface area (Å²) in [6.45, 7) is 6.78. The molecule has 0 N–H and O–H groups in total. The first-order chi connectivity index (χ1) is 8.68. The molecule has 1 aromatic carbocycles. The van der Waals surface area contributed by atoms with Gasteiger partial charge < -0.3 is 0 Å². The fraction of sp³-hybridized carbons (Fsp3) is 0.286. The van der Waals surface area contributed by atoms with E-state index in [1.165, 1.54) is 4.50 Å². The van der Waals surface area contributed by atoms with Gasteiger partial charge in [-0.05, 0) is 28.3 Å². The summed E-state index contributed by atoms with van der Waals surface area (Å²) >= 11 is 1.69. The second-order valence-corrected chi connectivity index (χ2v) is 12.0. The second kappa shape index (κ2) is 4.79. The van der Waals surface area contributed by atoms with Gasteiger partial charge in [0.05, 0.1) is 13.6 Å². The van der Waals surface area contributed by atoms with Crippen molar-refractivity contribution < 1.29 is 13.2 Å². The van der Waals surface area contributed by atoms with Gasteiger partial charge in [0, 0.05) is 4.88 Å². The summed E-state index contributed by atoms with van der Waals surface area (Å²) in [4.78, 5) is 1.03. The van der Waals surface area contributed by atoms with Gasteiger partial charge in [0.1, 0.15) is 0 Å². The maximum absolute atomic E-state index is 12.5. The molecule has 0 aliphatic heterocycles. The molecule has 0 amide bonds. The van der Waals surface area contributed by atoms with Crippen LogP contribution in [0.15, 0.2) is 36.4 Å². The van der Waals surface area contributed by atoms with E-state index in [0.29, 0.717) is 0 Å².